The number of benzene rings is 1. The van der Waals surface area contributed by atoms with E-state index in [4.69, 9.17) is 9.47 Å². The fourth-order valence-electron chi connectivity index (χ4n) is 1.77. The molecule has 1 aromatic rings. The van der Waals surface area contributed by atoms with Gasteiger partial charge in [-0.3, -0.25) is 0 Å². The molecule has 0 fully saturated rings. The third-order valence-electron chi connectivity index (χ3n) is 2.53. The average Bonchev–Trinajstić information content (AvgIpc) is 2.29. The molecule has 0 aromatic heterocycles. The van der Waals surface area contributed by atoms with Crippen molar-refractivity contribution in [2.45, 2.75) is 25.9 Å². The maximum absolute atomic E-state index is 13.4. The molecule has 0 spiro atoms. The van der Waals surface area contributed by atoms with Gasteiger partial charge in [0.05, 0.1) is 6.61 Å². The third kappa shape index (κ3) is 2.01. The van der Waals surface area contributed by atoms with E-state index >= 15 is 0 Å². The molecule has 0 saturated carbocycles. The van der Waals surface area contributed by atoms with Crippen molar-refractivity contribution in [1.29, 1.82) is 0 Å². The van der Waals surface area contributed by atoms with Crippen molar-refractivity contribution in [2.24, 2.45) is 0 Å². The second kappa shape index (κ2) is 4.51. The van der Waals surface area contributed by atoms with E-state index in [2.05, 4.69) is 0 Å². The van der Waals surface area contributed by atoms with Crippen molar-refractivity contribution in [3.63, 3.8) is 0 Å². The smallest absolute Gasteiger partial charge is 0.347 e. The van der Waals surface area contributed by atoms with Crippen molar-refractivity contribution in [1.82, 2.24) is 0 Å². The summed E-state index contributed by atoms with van der Waals surface area (Å²) in [5, 5.41) is 0. The van der Waals surface area contributed by atoms with Gasteiger partial charge in [0.2, 0.25) is 0 Å². The maximum Gasteiger partial charge on any atom is 0.347 e. The molecule has 0 N–H and O–H groups in total. The van der Waals surface area contributed by atoms with E-state index in [1.807, 2.05) is 0 Å². The summed E-state index contributed by atoms with van der Waals surface area (Å²) in [6, 6.07) is 4.77. The van der Waals surface area contributed by atoms with Crippen LogP contribution in [0.4, 0.5) is 4.39 Å². The van der Waals surface area contributed by atoms with E-state index in [0.29, 0.717) is 19.4 Å². The van der Waals surface area contributed by atoms with Crippen LogP contribution < -0.4 is 4.74 Å². The number of hydrogen-bond acceptors (Lipinski definition) is 3. The highest BCUT2D eigenvalue weighted by atomic mass is 19.1. The second-order valence-electron chi connectivity index (χ2n) is 3.63. The number of fused-ring (bicyclic) bond motifs is 1. The fraction of sp³-hybridized carbons (Fsp3) is 0.417. The first-order valence-corrected chi connectivity index (χ1v) is 5.33. The molecule has 4 heteroatoms. The topological polar surface area (TPSA) is 35.5 Å². The number of esters is 1. The van der Waals surface area contributed by atoms with Crippen molar-refractivity contribution in [3.8, 4) is 5.75 Å². The molecule has 3 nitrogen and oxygen atoms in total. The van der Waals surface area contributed by atoms with Gasteiger partial charge in [0.25, 0.3) is 0 Å². The molecule has 1 aromatic carbocycles. The van der Waals surface area contributed by atoms with Crippen LogP contribution in [0, 0.1) is 5.82 Å². The lowest BCUT2D eigenvalue weighted by Crippen LogP contribution is -2.33. The number of carbonyl (C=O) groups excluding carboxylic acids is 1. The molecule has 2 rings (SSSR count). The Morgan fingerprint density at radius 3 is 3.19 bits per heavy atom. The summed E-state index contributed by atoms with van der Waals surface area (Å²) in [6.45, 7) is 2.04. The summed E-state index contributed by atoms with van der Waals surface area (Å²) in [5.74, 6) is -0.658. The van der Waals surface area contributed by atoms with Gasteiger partial charge in [-0.25, -0.2) is 9.18 Å². The highest BCUT2D eigenvalue weighted by Gasteiger charge is 2.28. The quantitative estimate of drug-likeness (QED) is 0.721. The number of aryl methyl sites for hydroxylation is 1. The number of rotatable bonds is 2. The number of ether oxygens (including phenoxy) is 2. The van der Waals surface area contributed by atoms with Crippen molar-refractivity contribution < 1.29 is 18.7 Å². The van der Waals surface area contributed by atoms with Crippen LogP contribution >= 0.6 is 0 Å². The van der Waals surface area contributed by atoms with E-state index in [0.717, 1.165) is 5.56 Å². The predicted octanol–water partition coefficient (Wildman–Crippen LogP) is 2.08. The van der Waals surface area contributed by atoms with Gasteiger partial charge < -0.3 is 9.47 Å². The minimum absolute atomic E-state index is 0.187. The van der Waals surface area contributed by atoms with E-state index in [-0.39, 0.29) is 5.75 Å². The molecule has 0 saturated heterocycles. The molecule has 16 heavy (non-hydrogen) atoms. The summed E-state index contributed by atoms with van der Waals surface area (Å²) >= 11 is 0. The maximum atomic E-state index is 13.4. The largest absolute Gasteiger partial charge is 0.475 e. The molecular weight excluding hydrogens is 211 g/mol. The van der Waals surface area contributed by atoms with Crippen LogP contribution in [-0.4, -0.2) is 18.7 Å². The Hall–Kier alpha value is -1.58. The molecule has 1 unspecified atom stereocenters. The van der Waals surface area contributed by atoms with Crippen molar-refractivity contribution in [3.05, 3.63) is 29.6 Å². The Morgan fingerprint density at radius 2 is 2.44 bits per heavy atom. The SMILES string of the molecule is CCOC(=O)C1CCc2cccc(F)c2O1. The van der Waals surface area contributed by atoms with E-state index in [1.54, 1.807) is 19.1 Å². The Balaban J connectivity index is 2.17. The molecule has 0 aliphatic carbocycles. The van der Waals surface area contributed by atoms with Crippen LogP contribution in [0.5, 0.6) is 5.75 Å². The first-order chi connectivity index (χ1) is 7.72. The summed E-state index contributed by atoms with van der Waals surface area (Å²) < 4.78 is 23.6. The molecule has 1 atom stereocenters. The second-order valence-corrected chi connectivity index (χ2v) is 3.63. The van der Waals surface area contributed by atoms with Gasteiger partial charge in [-0.05, 0) is 31.4 Å². The van der Waals surface area contributed by atoms with Crippen LogP contribution in [0.3, 0.4) is 0 Å². The molecule has 1 aliphatic rings. The van der Waals surface area contributed by atoms with E-state index in [9.17, 15) is 9.18 Å². The van der Waals surface area contributed by atoms with Gasteiger partial charge in [-0.1, -0.05) is 12.1 Å². The summed E-state index contributed by atoms with van der Waals surface area (Å²) in [7, 11) is 0. The Labute approximate surface area is 93.2 Å². The monoisotopic (exact) mass is 224 g/mol. The number of carbonyl (C=O) groups is 1. The molecule has 0 radical (unpaired) electrons. The first kappa shape index (κ1) is 10.9. The fourth-order valence-corrected chi connectivity index (χ4v) is 1.77. The lowest BCUT2D eigenvalue weighted by atomic mass is 10.0. The minimum atomic E-state index is -0.677. The molecule has 1 aliphatic heterocycles. The van der Waals surface area contributed by atoms with E-state index in [1.165, 1.54) is 6.07 Å². The van der Waals surface area contributed by atoms with Crippen LogP contribution in [0.2, 0.25) is 0 Å². The zero-order valence-electron chi connectivity index (χ0n) is 9.03. The van der Waals surface area contributed by atoms with Crippen LogP contribution in [-0.2, 0) is 16.0 Å². The van der Waals surface area contributed by atoms with E-state index < -0.39 is 17.9 Å². The minimum Gasteiger partial charge on any atom is -0.475 e. The zero-order chi connectivity index (χ0) is 11.5. The number of halogens is 1. The van der Waals surface area contributed by atoms with Crippen LogP contribution in [0.25, 0.3) is 0 Å². The van der Waals surface area contributed by atoms with Gasteiger partial charge in [0.1, 0.15) is 0 Å². The van der Waals surface area contributed by atoms with Gasteiger partial charge in [0, 0.05) is 0 Å². The Bertz CT molecular complexity index is 403. The van der Waals surface area contributed by atoms with Crippen LogP contribution in [0.15, 0.2) is 18.2 Å². The average molecular weight is 224 g/mol. The predicted molar refractivity (Wildman–Crippen MR) is 55.8 cm³/mol. The summed E-state index contributed by atoms with van der Waals surface area (Å²) in [6.07, 6.45) is 0.496. The number of para-hydroxylation sites is 1. The molecule has 0 bridgehead atoms. The Morgan fingerprint density at radius 1 is 1.62 bits per heavy atom. The lowest BCUT2D eigenvalue weighted by Gasteiger charge is -2.24. The lowest BCUT2D eigenvalue weighted by molar-refractivity contribution is -0.152. The van der Waals surface area contributed by atoms with Gasteiger partial charge in [-0.15, -0.1) is 0 Å². The van der Waals surface area contributed by atoms with Gasteiger partial charge in [-0.2, -0.15) is 0 Å². The highest BCUT2D eigenvalue weighted by Crippen LogP contribution is 2.30. The molecule has 86 valence electrons. The molecular formula is C12H13FO3. The summed E-state index contributed by atoms with van der Waals surface area (Å²) in [5.41, 5.74) is 0.806. The normalized spacial score (nSPS) is 18.5. The zero-order valence-corrected chi connectivity index (χ0v) is 9.03. The highest BCUT2D eigenvalue weighted by molar-refractivity contribution is 5.75. The Kier molecular flexibility index (Phi) is 3.08. The van der Waals surface area contributed by atoms with Crippen molar-refractivity contribution in [2.75, 3.05) is 6.61 Å². The van der Waals surface area contributed by atoms with Crippen molar-refractivity contribution >= 4 is 5.97 Å². The summed E-state index contributed by atoms with van der Waals surface area (Å²) in [4.78, 5) is 11.4. The van der Waals surface area contributed by atoms with Crippen LogP contribution in [0.1, 0.15) is 18.9 Å². The first-order valence-electron chi connectivity index (χ1n) is 5.33. The molecule has 0 amide bonds. The number of hydrogen-bond donors (Lipinski definition) is 0. The van der Waals surface area contributed by atoms with Gasteiger partial charge in [0.15, 0.2) is 17.7 Å². The third-order valence-corrected chi connectivity index (χ3v) is 2.53. The molecule has 1 heterocycles. The van der Waals surface area contributed by atoms with Gasteiger partial charge >= 0.3 is 5.97 Å². The standard InChI is InChI=1S/C12H13FO3/c1-2-15-12(14)10-7-6-8-4-3-5-9(13)11(8)16-10/h3-5,10H,2,6-7H2,1H3.